The Morgan fingerprint density at radius 3 is 2.64 bits per heavy atom. The van der Waals surface area contributed by atoms with E-state index in [0.717, 1.165) is 0 Å². The maximum Gasteiger partial charge on any atom is 0.271 e. The Kier molecular flexibility index (Phi) is 3.60. The zero-order valence-electron chi connectivity index (χ0n) is 6.87. The van der Waals surface area contributed by atoms with Crippen LogP contribution in [0.25, 0.3) is 0 Å². The molecular formula is C8H5BrClNO3. The maximum absolute atomic E-state index is 11.2. The summed E-state index contributed by atoms with van der Waals surface area (Å²) in [5.74, 6) is -0.240. The maximum atomic E-state index is 11.2. The number of ketones is 1. The molecule has 6 heteroatoms. The Hall–Kier alpha value is -0.940. The Labute approximate surface area is 93.1 Å². The largest absolute Gasteiger partial charge is 0.293 e. The number of carbonyl (C=O) groups is 1. The molecule has 4 nitrogen and oxygen atoms in total. The Morgan fingerprint density at radius 1 is 1.50 bits per heavy atom. The molecule has 1 aromatic rings. The lowest BCUT2D eigenvalue weighted by Gasteiger charge is -1.98. The van der Waals surface area contributed by atoms with Crippen molar-refractivity contribution in [2.24, 2.45) is 0 Å². The Balaban J connectivity index is 3.20. The third-order valence-corrected chi connectivity index (χ3v) is 2.26. The van der Waals surface area contributed by atoms with E-state index in [9.17, 15) is 14.9 Å². The van der Waals surface area contributed by atoms with Gasteiger partial charge in [0.25, 0.3) is 5.69 Å². The molecule has 1 aromatic carbocycles. The normalized spacial score (nSPS) is 9.86. The fraction of sp³-hybridized carbons (Fsp3) is 0.125. The quantitative estimate of drug-likeness (QED) is 0.370. The van der Waals surface area contributed by atoms with Crippen LogP contribution < -0.4 is 0 Å². The molecule has 0 heterocycles. The number of nitro groups is 1. The number of nitrogens with zero attached hydrogens (tertiary/aromatic N) is 1. The molecule has 0 aromatic heterocycles. The molecular weight excluding hydrogens is 273 g/mol. The molecule has 74 valence electrons. The molecule has 0 aliphatic heterocycles. The topological polar surface area (TPSA) is 60.2 Å². The Morgan fingerprint density at radius 2 is 2.14 bits per heavy atom. The molecule has 0 aliphatic carbocycles. The number of Topliss-reactive ketones (excluding diaryl/α,β-unsaturated/α-hetero) is 1. The highest BCUT2D eigenvalue weighted by Crippen LogP contribution is 2.21. The summed E-state index contributed by atoms with van der Waals surface area (Å²) in [6, 6.07) is 3.81. The van der Waals surface area contributed by atoms with Gasteiger partial charge in [0, 0.05) is 22.7 Å². The molecule has 0 fully saturated rings. The van der Waals surface area contributed by atoms with E-state index in [4.69, 9.17) is 11.6 Å². The first-order valence-electron chi connectivity index (χ1n) is 3.58. The van der Waals surface area contributed by atoms with E-state index in [1.54, 1.807) is 0 Å². The van der Waals surface area contributed by atoms with Crippen LogP contribution in [-0.4, -0.2) is 16.0 Å². The summed E-state index contributed by atoms with van der Waals surface area (Å²) in [6.45, 7) is 0. The van der Waals surface area contributed by atoms with Gasteiger partial charge in [-0.3, -0.25) is 14.9 Å². The number of rotatable bonds is 3. The number of hydrogen-bond acceptors (Lipinski definition) is 3. The van der Waals surface area contributed by atoms with Crippen molar-refractivity contribution >= 4 is 39.0 Å². The zero-order valence-corrected chi connectivity index (χ0v) is 9.21. The monoisotopic (exact) mass is 277 g/mol. The van der Waals surface area contributed by atoms with Crippen LogP contribution in [0.5, 0.6) is 0 Å². The lowest BCUT2D eigenvalue weighted by molar-refractivity contribution is -0.384. The van der Waals surface area contributed by atoms with Gasteiger partial charge in [-0.15, -0.1) is 0 Å². The third-order valence-electron chi connectivity index (χ3n) is 1.54. The van der Waals surface area contributed by atoms with Crippen molar-refractivity contribution < 1.29 is 9.72 Å². The molecule has 0 radical (unpaired) electrons. The molecule has 0 saturated carbocycles. The van der Waals surface area contributed by atoms with Crippen molar-refractivity contribution in [1.82, 2.24) is 0 Å². The van der Waals surface area contributed by atoms with Crippen LogP contribution in [0, 0.1) is 10.1 Å². The van der Waals surface area contributed by atoms with E-state index < -0.39 is 4.92 Å². The van der Waals surface area contributed by atoms with E-state index in [-0.39, 0.29) is 27.4 Å². The third kappa shape index (κ3) is 2.52. The molecule has 0 spiro atoms. The molecule has 0 saturated heterocycles. The smallest absolute Gasteiger partial charge is 0.271 e. The van der Waals surface area contributed by atoms with Crippen LogP contribution in [0.4, 0.5) is 5.69 Å². The van der Waals surface area contributed by atoms with Gasteiger partial charge >= 0.3 is 0 Å². The van der Waals surface area contributed by atoms with Gasteiger partial charge in [-0.2, -0.15) is 0 Å². The minimum absolute atomic E-state index is 0.116. The minimum atomic E-state index is -0.586. The number of halogens is 2. The van der Waals surface area contributed by atoms with Gasteiger partial charge in [-0.1, -0.05) is 27.5 Å². The first-order chi connectivity index (χ1) is 6.54. The number of alkyl halides is 1. The van der Waals surface area contributed by atoms with Crippen molar-refractivity contribution in [2.75, 3.05) is 5.33 Å². The molecule has 0 aliphatic rings. The molecule has 0 bridgehead atoms. The average molecular weight is 278 g/mol. The Bertz CT molecular complexity index is 394. The number of hydrogen-bond donors (Lipinski definition) is 0. The predicted octanol–water partition coefficient (Wildman–Crippen LogP) is 2.83. The standard InChI is InChI=1S/C8H5BrClNO3/c9-4-8(12)5-1-6(10)3-7(2-5)11(13)14/h1-3H,4H2. The van der Waals surface area contributed by atoms with Crippen LogP contribution in [0.3, 0.4) is 0 Å². The molecule has 1 rings (SSSR count). The summed E-state index contributed by atoms with van der Waals surface area (Å²) >= 11 is 8.60. The molecule has 14 heavy (non-hydrogen) atoms. The van der Waals surface area contributed by atoms with Gasteiger partial charge in [0.15, 0.2) is 5.78 Å². The van der Waals surface area contributed by atoms with E-state index in [1.165, 1.54) is 18.2 Å². The van der Waals surface area contributed by atoms with Crippen molar-refractivity contribution in [1.29, 1.82) is 0 Å². The van der Waals surface area contributed by atoms with Gasteiger partial charge in [0.1, 0.15) is 0 Å². The highest BCUT2D eigenvalue weighted by Gasteiger charge is 2.12. The molecule has 0 N–H and O–H groups in total. The SMILES string of the molecule is O=C(CBr)c1cc(Cl)cc([N+](=O)[O-])c1. The predicted molar refractivity (Wildman–Crippen MR) is 56.2 cm³/mol. The summed E-state index contributed by atoms with van der Waals surface area (Å²) in [7, 11) is 0. The van der Waals surface area contributed by atoms with E-state index in [2.05, 4.69) is 15.9 Å². The van der Waals surface area contributed by atoms with Crippen LogP contribution in [0.15, 0.2) is 18.2 Å². The van der Waals surface area contributed by atoms with Crippen LogP contribution in [0.2, 0.25) is 5.02 Å². The number of benzene rings is 1. The average Bonchev–Trinajstić information content (AvgIpc) is 2.15. The molecule has 0 unspecified atom stereocenters. The lowest BCUT2D eigenvalue weighted by Crippen LogP contribution is -2.01. The molecule has 0 amide bonds. The first kappa shape index (κ1) is 11.1. The number of carbonyl (C=O) groups excluding carboxylic acids is 1. The highest BCUT2D eigenvalue weighted by molar-refractivity contribution is 9.09. The van der Waals surface area contributed by atoms with Crippen molar-refractivity contribution in [3.8, 4) is 0 Å². The first-order valence-corrected chi connectivity index (χ1v) is 5.08. The second-order valence-electron chi connectivity index (χ2n) is 2.51. The van der Waals surface area contributed by atoms with Crippen molar-refractivity contribution in [3.05, 3.63) is 38.9 Å². The molecule has 0 atom stereocenters. The van der Waals surface area contributed by atoms with Gasteiger partial charge in [-0.05, 0) is 6.07 Å². The van der Waals surface area contributed by atoms with Crippen LogP contribution in [-0.2, 0) is 0 Å². The van der Waals surface area contributed by atoms with Gasteiger partial charge in [-0.25, -0.2) is 0 Å². The minimum Gasteiger partial charge on any atom is -0.293 e. The van der Waals surface area contributed by atoms with E-state index in [1.807, 2.05) is 0 Å². The summed E-state index contributed by atoms with van der Waals surface area (Å²) < 4.78 is 0. The summed E-state index contributed by atoms with van der Waals surface area (Å²) in [6.07, 6.45) is 0. The van der Waals surface area contributed by atoms with Gasteiger partial charge in [0.2, 0.25) is 0 Å². The summed E-state index contributed by atoms with van der Waals surface area (Å²) in [4.78, 5) is 21.1. The second-order valence-corrected chi connectivity index (χ2v) is 3.51. The zero-order chi connectivity index (χ0) is 10.7. The van der Waals surface area contributed by atoms with E-state index >= 15 is 0 Å². The fourth-order valence-corrected chi connectivity index (χ4v) is 1.47. The summed E-state index contributed by atoms with van der Waals surface area (Å²) in [5.41, 5.74) is 0.0582. The lowest BCUT2D eigenvalue weighted by atomic mass is 10.1. The van der Waals surface area contributed by atoms with Crippen LogP contribution in [0.1, 0.15) is 10.4 Å². The van der Waals surface area contributed by atoms with Crippen molar-refractivity contribution in [3.63, 3.8) is 0 Å². The highest BCUT2D eigenvalue weighted by atomic mass is 79.9. The van der Waals surface area contributed by atoms with Gasteiger partial charge in [0.05, 0.1) is 10.3 Å². The summed E-state index contributed by atoms with van der Waals surface area (Å²) in [5, 5.41) is 10.7. The second kappa shape index (κ2) is 4.52. The number of non-ortho nitro benzene ring substituents is 1. The van der Waals surface area contributed by atoms with Crippen molar-refractivity contribution in [2.45, 2.75) is 0 Å². The fourth-order valence-electron chi connectivity index (χ4n) is 0.918. The van der Waals surface area contributed by atoms with E-state index in [0.29, 0.717) is 0 Å². The van der Waals surface area contributed by atoms with Crippen LogP contribution >= 0.6 is 27.5 Å². The van der Waals surface area contributed by atoms with Gasteiger partial charge < -0.3 is 0 Å². The number of nitro benzene ring substituents is 1.